The molecular weight excluding hydrogens is 266 g/mol. The predicted octanol–water partition coefficient (Wildman–Crippen LogP) is 2.01. The minimum Gasteiger partial charge on any atom is -0.378 e. The lowest BCUT2D eigenvalue weighted by atomic mass is 9.76. The Bertz CT molecular complexity index is 524. The topological polar surface area (TPSA) is 56.2 Å². The van der Waals surface area contributed by atoms with Crippen LogP contribution in [0.15, 0.2) is 6.07 Å². The molecule has 0 unspecified atom stereocenters. The van der Waals surface area contributed by atoms with Crippen LogP contribution in [0.4, 0.5) is 0 Å². The van der Waals surface area contributed by atoms with Crippen molar-refractivity contribution in [3.05, 3.63) is 17.5 Å². The van der Waals surface area contributed by atoms with E-state index in [0.717, 1.165) is 38.1 Å². The van der Waals surface area contributed by atoms with Crippen molar-refractivity contribution in [2.45, 2.75) is 58.7 Å². The summed E-state index contributed by atoms with van der Waals surface area (Å²) in [5.74, 6) is 1.07. The van der Waals surface area contributed by atoms with Gasteiger partial charge in [0, 0.05) is 25.1 Å². The maximum absolute atomic E-state index is 12.5. The summed E-state index contributed by atoms with van der Waals surface area (Å²) in [5.41, 5.74) is 1.70. The van der Waals surface area contributed by atoms with Gasteiger partial charge in [-0.15, -0.1) is 0 Å². The number of nitrogens with one attached hydrogen (secondary N) is 1. The van der Waals surface area contributed by atoms with Crippen LogP contribution in [0.5, 0.6) is 0 Å². The number of amides is 1. The monoisotopic (exact) mass is 291 g/mol. The molecule has 1 aromatic heterocycles. The molecule has 3 rings (SSSR count). The zero-order chi connectivity index (χ0) is 15.0. The van der Waals surface area contributed by atoms with Crippen LogP contribution < -0.4 is 5.32 Å². The van der Waals surface area contributed by atoms with E-state index >= 15 is 0 Å². The Morgan fingerprint density at radius 3 is 3.05 bits per heavy atom. The fourth-order valence-electron chi connectivity index (χ4n) is 3.42. The van der Waals surface area contributed by atoms with Gasteiger partial charge in [-0.3, -0.25) is 9.48 Å². The number of fused-ring (bicyclic) bond motifs is 1. The molecule has 3 atom stereocenters. The van der Waals surface area contributed by atoms with Crippen molar-refractivity contribution in [2.24, 2.45) is 11.8 Å². The van der Waals surface area contributed by atoms with Gasteiger partial charge in [-0.1, -0.05) is 13.8 Å². The van der Waals surface area contributed by atoms with Crippen LogP contribution in [0.25, 0.3) is 0 Å². The van der Waals surface area contributed by atoms with Gasteiger partial charge in [0.1, 0.15) is 5.69 Å². The van der Waals surface area contributed by atoms with Crippen molar-refractivity contribution in [3.8, 4) is 0 Å². The molecule has 1 aromatic rings. The van der Waals surface area contributed by atoms with E-state index in [1.807, 2.05) is 17.7 Å². The first-order chi connectivity index (χ1) is 10.1. The molecule has 1 saturated carbocycles. The Labute approximate surface area is 126 Å². The van der Waals surface area contributed by atoms with Gasteiger partial charge in [0.25, 0.3) is 5.91 Å². The standard InChI is InChI=1S/C16H25N3O2/c1-4-19-14(8-11(18-19)7-10(2)3)16(20)17-13-9-15-12(13)5-6-21-15/h8,10,12-13,15H,4-7,9H2,1-3H3,(H,17,20)/t12-,13+,15+/m0/s1. The van der Waals surface area contributed by atoms with Crippen molar-refractivity contribution in [3.63, 3.8) is 0 Å². The lowest BCUT2D eigenvalue weighted by Crippen LogP contribution is -2.53. The molecule has 2 heterocycles. The van der Waals surface area contributed by atoms with E-state index in [1.54, 1.807) is 0 Å². The lowest BCUT2D eigenvalue weighted by Gasteiger charge is -2.39. The van der Waals surface area contributed by atoms with Crippen LogP contribution in [0.2, 0.25) is 0 Å². The molecule has 0 radical (unpaired) electrons. The summed E-state index contributed by atoms with van der Waals surface area (Å²) in [5, 5.41) is 7.70. The Morgan fingerprint density at radius 2 is 2.38 bits per heavy atom. The number of hydrogen-bond donors (Lipinski definition) is 1. The predicted molar refractivity (Wildman–Crippen MR) is 80.2 cm³/mol. The van der Waals surface area contributed by atoms with E-state index in [2.05, 4.69) is 24.3 Å². The number of rotatable bonds is 5. The zero-order valence-corrected chi connectivity index (χ0v) is 13.1. The molecule has 2 fully saturated rings. The number of nitrogens with zero attached hydrogens (tertiary/aromatic N) is 2. The van der Waals surface area contributed by atoms with Crippen molar-refractivity contribution in [2.75, 3.05) is 6.61 Å². The highest BCUT2D eigenvalue weighted by atomic mass is 16.5. The first-order valence-corrected chi connectivity index (χ1v) is 8.07. The van der Waals surface area contributed by atoms with Crippen LogP contribution in [-0.2, 0) is 17.7 Å². The molecule has 1 N–H and O–H groups in total. The average molecular weight is 291 g/mol. The Hall–Kier alpha value is -1.36. The second-order valence-electron chi connectivity index (χ2n) is 6.61. The zero-order valence-electron chi connectivity index (χ0n) is 13.1. The second kappa shape index (κ2) is 5.79. The fraction of sp³-hybridized carbons (Fsp3) is 0.750. The van der Waals surface area contributed by atoms with Crippen LogP contribution in [0.1, 0.15) is 49.8 Å². The number of carbonyl (C=O) groups is 1. The number of hydrogen-bond acceptors (Lipinski definition) is 3. The molecule has 116 valence electrons. The third kappa shape index (κ3) is 2.84. The Balaban J connectivity index is 1.67. The summed E-state index contributed by atoms with van der Waals surface area (Å²) in [6.07, 6.45) is 3.31. The van der Waals surface area contributed by atoms with E-state index < -0.39 is 0 Å². The van der Waals surface area contributed by atoms with E-state index in [0.29, 0.717) is 23.6 Å². The normalized spacial score (nSPS) is 27.5. The summed E-state index contributed by atoms with van der Waals surface area (Å²) >= 11 is 0. The maximum atomic E-state index is 12.5. The van der Waals surface area contributed by atoms with Gasteiger partial charge in [-0.25, -0.2) is 0 Å². The molecule has 0 aromatic carbocycles. The van der Waals surface area contributed by atoms with Gasteiger partial charge >= 0.3 is 0 Å². The largest absolute Gasteiger partial charge is 0.378 e. The molecular formula is C16H25N3O2. The van der Waals surface area contributed by atoms with Crippen LogP contribution in [0.3, 0.4) is 0 Å². The molecule has 0 spiro atoms. The highest BCUT2D eigenvalue weighted by molar-refractivity contribution is 5.93. The number of carbonyl (C=O) groups excluding carboxylic acids is 1. The van der Waals surface area contributed by atoms with Crippen molar-refractivity contribution >= 4 is 5.91 Å². The smallest absolute Gasteiger partial charge is 0.269 e. The maximum Gasteiger partial charge on any atom is 0.269 e. The third-order valence-corrected chi connectivity index (χ3v) is 4.56. The second-order valence-corrected chi connectivity index (χ2v) is 6.61. The van der Waals surface area contributed by atoms with Crippen LogP contribution in [0, 0.1) is 11.8 Å². The SMILES string of the molecule is CCn1nc(CC(C)C)cc1C(=O)N[C@@H]1C[C@H]2OCC[C@@H]12. The van der Waals surface area contributed by atoms with Gasteiger partial charge < -0.3 is 10.1 Å². The number of aryl methyl sites for hydroxylation is 1. The van der Waals surface area contributed by atoms with Crippen molar-refractivity contribution < 1.29 is 9.53 Å². The average Bonchev–Trinajstić information content (AvgIpc) is 2.98. The summed E-state index contributed by atoms with van der Waals surface area (Å²) in [4.78, 5) is 12.5. The third-order valence-electron chi connectivity index (χ3n) is 4.56. The Kier molecular flexibility index (Phi) is 4.02. The number of aromatic nitrogens is 2. The molecule has 1 amide bonds. The van der Waals surface area contributed by atoms with Crippen molar-refractivity contribution in [1.82, 2.24) is 15.1 Å². The van der Waals surface area contributed by atoms with Gasteiger partial charge in [0.15, 0.2) is 0 Å². The van der Waals surface area contributed by atoms with E-state index in [1.165, 1.54) is 0 Å². The van der Waals surface area contributed by atoms with E-state index in [-0.39, 0.29) is 11.9 Å². The first kappa shape index (κ1) is 14.6. The molecule has 1 aliphatic heterocycles. The minimum absolute atomic E-state index is 0.00899. The molecule has 0 bridgehead atoms. The summed E-state index contributed by atoms with van der Waals surface area (Å²) in [6.45, 7) is 7.92. The summed E-state index contributed by atoms with van der Waals surface area (Å²) in [7, 11) is 0. The highest BCUT2D eigenvalue weighted by Crippen LogP contribution is 2.38. The number of ether oxygens (including phenoxy) is 1. The lowest BCUT2D eigenvalue weighted by molar-refractivity contribution is 0.00795. The van der Waals surface area contributed by atoms with Gasteiger partial charge in [-0.2, -0.15) is 5.10 Å². The van der Waals surface area contributed by atoms with Crippen LogP contribution in [-0.4, -0.2) is 34.4 Å². The van der Waals surface area contributed by atoms with E-state index in [4.69, 9.17) is 4.74 Å². The highest BCUT2D eigenvalue weighted by Gasteiger charge is 2.45. The Morgan fingerprint density at radius 1 is 1.57 bits per heavy atom. The molecule has 21 heavy (non-hydrogen) atoms. The molecule has 1 saturated heterocycles. The van der Waals surface area contributed by atoms with Gasteiger partial charge in [-0.05, 0) is 38.2 Å². The van der Waals surface area contributed by atoms with Gasteiger partial charge in [0.2, 0.25) is 0 Å². The van der Waals surface area contributed by atoms with Crippen LogP contribution >= 0.6 is 0 Å². The van der Waals surface area contributed by atoms with E-state index in [9.17, 15) is 4.79 Å². The fourth-order valence-corrected chi connectivity index (χ4v) is 3.42. The summed E-state index contributed by atoms with van der Waals surface area (Å²) < 4.78 is 7.41. The van der Waals surface area contributed by atoms with Gasteiger partial charge in [0.05, 0.1) is 11.8 Å². The quantitative estimate of drug-likeness (QED) is 0.903. The molecule has 2 aliphatic rings. The molecule has 1 aliphatic carbocycles. The first-order valence-electron chi connectivity index (χ1n) is 8.07. The summed E-state index contributed by atoms with van der Waals surface area (Å²) in [6, 6.07) is 2.22. The van der Waals surface area contributed by atoms with Crippen molar-refractivity contribution in [1.29, 1.82) is 0 Å². The minimum atomic E-state index is 0.00899. The molecule has 5 heteroatoms. The molecule has 5 nitrogen and oxygen atoms in total.